The molecule has 0 aromatic carbocycles. The summed E-state index contributed by atoms with van der Waals surface area (Å²) >= 11 is 0. The molecule has 0 unspecified atom stereocenters. The Labute approximate surface area is 157 Å². The predicted molar refractivity (Wildman–Crippen MR) is 98.1 cm³/mol. The summed E-state index contributed by atoms with van der Waals surface area (Å²) in [5.41, 5.74) is 0. The number of carbonyl (C=O) groups is 2. The van der Waals surface area contributed by atoms with Crippen LogP contribution in [0, 0.1) is 0 Å². The minimum atomic E-state index is -0.154. The predicted octanol–water partition coefficient (Wildman–Crippen LogP) is 0.522. The number of nitrogens with zero attached hydrogens (tertiary/aromatic N) is 3. The Morgan fingerprint density at radius 2 is 1.74 bits per heavy atom. The quantitative estimate of drug-likeness (QED) is 0.585. The van der Waals surface area contributed by atoms with E-state index in [1.54, 1.807) is 42.5 Å². The van der Waals surface area contributed by atoms with Crippen molar-refractivity contribution < 1.29 is 18.4 Å². The second-order valence-corrected chi connectivity index (χ2v) is 6.01. The summed E-state index contributed by atoms with van der Waals surface area (Å²) in [5, 5.41) is 5.82. The van der Waals surface area contributed by atoms with Crippen molar-refractivity contribution in [2.24, 2.45) is 4.99 Å². The number of amides is 2. The maximum absolute atomic E-state index is 12.3. The molecule has 3 rings (SSSR count). The van der Waals surface area contributed by atoms with Crippen molar-refractivity contribution in [1.29, 1.82) is 0 Å². The third-order valence-electron chi connectivity index (χ3n) is 4.26. The van der Waals surface area contributed by atoms with Crippen LogP contribution < -0.4 is 10.6 Å². The average Bonchev–Trinajstić information content (AvgIpc) is 3.41. The molecule has 9 heteroatoms. The van der Waals surface area contributed by atoms with Crippen LogP contribution in [0.2, 0.25) is 0 Å². The molecule has 2 aromatic heterocycles. The molecule has 0 spiro atoms. The Morgan fingerprint density at radius 1 is 1.04 bits per heavy atom. The van der Waals surface area contributed by atoms with Gasteiger partial charge in [-0.25, -0.2) is 0 Å². The van der Waals surface area contributed by atoms with E-state index in [0.717, 1.165) is 0 Å². The third-order valence-corrected chi connectivity index (χ3v) is 4.26. The molecule has 0 saturated carbocycles. The van der Waals surface area contributed by atoms with Gasteiger partial charge >= 0.3 is 0 Å². The number of hydrogen-bond acceptors (Lipinski definition) is 5. The zero-order valence-electron chi connectivity index (χ0n) is 15.2. The highest BCUT2D eigenvalue weighted by Crippen LogP contribution is 2.09. The van der Waals surface area contributed by atoms with Gasteiger partial charge in [-0.05, 0) is 24.3 Å². The Kier molecular flexibility index (Phi) is 6.14. The van der Waals surface area contributed by atoms with Crippen LogP contribution in [0.15, 0.2) is 50.6 Å². The topological polar surface area (TPSA) is 103 Å². The third kappa shape index (κ3) is 4.90. The van der Waals surface area contributed by atoms with Crippen molar-refractivity contribution in [2.45, 2.75) is 6.54 Å². The Balaban J connectivity index is 1.42. The molecule has 0 radical (unpaired) electrons. The van der Waals surface area contributed by atoms with Crippen molar-refractivity contribution in [2.75, 3.05) is 39.8 Å². The zero-order chi connectivity index (χ0) is 19.1. The van der Waals surface area contributed by atoms with Crippen LogP contribution >= 0.6 is 0 Å². The number of carbonyl (C=O) groups excluding carboxylic acids is 2. The minimum absolute atomic E-state index is 0.110. The van der Waals surface area contributed by atoms with Gasteiger partial charge in [-0.15, -0.1) is 0 Å². The summed E-state index contributed by atoms with van der Waals surface area (Å²) in [4.78, 5) is 32.3. The SMILES string of the molecule is CN=C(NCC(=O)NCc1ccco1)N1CCN(C(=O)c2ccco2)CC1. The summed E-state index contributed by atoms with van der Waals surface area (Å²) < 4.78 is 10.3. The van der Waals surface area contributed by atoms with E-state index in [-0.39, 0.29) is 18.4 Å². The number of rotatable bonds is 5. The minimum Gasteiger partial charge on any atom is -0.467 e. The lowest BCUT2D eigenvalue weighted by Gasteiger charge is -2.36. The molecular weight excluding hydrogens is 350 g/mol. The smallest absolute Gasteiger partial charge is 0.289 e. The number of aliphatic imine (C=N–C) groups is 1. The normalized spacial score (nSPS) is 14.9. The Bertz CT molecular complexity index is 762. The van der Waals surface area contributed by atoms with Gasteiger partial charge < -0.3 is 29.3 Å². The van der Waals surface area contributed by atoms with E-state index in [2.05, 4.69) is 15.6 Å². The number of nitrogens with one attached hydrogen (secondary N) is 2. The monoisotopic (exact) mass is 373 g/mol. The number of guanidine groups is 1. The molecule has 27 heavy (non-hydrogen) atoms. The molecule has 2 aromatic rings. The molecule has 1 aliphatic rings. The largest absolute Gasteiger partial charge is 0.467 e. The van der Waals surface area contributed by atoms with Crippen LogP contribution in [0.3, 0.4) is 0 Å². The maximum atomic E-state index is 12.3. The van der Waals surface area contributed by atoms with Gasteiger partial charge in [0.1, 0.15) is 5.76 Å². The van der Waals surface area contributed by atoms with Crippen molar-refractivity contribution in [3.8, 4) is 0 Å². The first-order valence-corrected chi connectivity index (χ1v) is 8.75. The average molecular weight is 373 g/mol. The first-order valence-electron chi connectivity index (χ1n) is 8.75. The van der Waals surface area contributed by atoms with Crippen molar-refractivity contribution in [3.63, 3.8) is 0 Å². The lowest BCUT2D eigenvalue weighted by Crippen LogP contribution is -2.54. The molecule has 1 fully saturated rings. The first kappa shape index (κ1) is 18.6. The van der Waals surface area contributed by atoms with Gasteiger partial charge in [0.15, 0.2) is 11.7 Å². The number of hydrogen-bond donors (Lipinski definition) is 2. The van der Waals surface area contributed by atoms with Crippen molar-refractivity contribution in [3.05, 3.63) is 48.3 Å². The summed E-state index contributed by atoms with van der Waals surface area (Å²) in [5.74, 6) is 1.41. The maximum Gasteiger partial charge on any atom is 0.289 e. The Hall–Kier alpha value is -3.23. The molecule has 2 amide bonds. The van der Waals surface area contributed by atoms with Gasteiger partial charge in [0.05, 0.1) is 25.6 Å². The highest BCUT2D eigenvalue weighted by Gasteiger charge is 2.25. The number of piperazine rings is 1. The van der Waals surface area contributed by atoms with Crippen molar-refractivity contribution in [1.82, 2.24) is 20.4 Å². The summed E-state index contributed by atoms with van der Waals surface area (Å²) in [6.07, 6.45) is 3.06. The first-order chi connectivity index (χ1) is 13.2. The van der Waals surface area contributed by atoms with E-state index in [1.165, 1.54) is 6.26 Å². The fraction of sp³-hybridized carbons (Fsp3) is 0.389. The zero-order valence-corrected chi connectivity index (χ0v) is 15.2. The highest BCUT2D eigenvalue weighted by molar-refractivity contribution is 5.92. The van der Waals surface area contributed by atoms with Crippen molar-refractivity contribution >= 4 is 17.8 Å². The van der Waals surface area contributed by atoms with Gasteiger partial charge in [-0.1, -0.05) is 0 Å². The molecule has 1 saturated heterocycles. The van der Waals surface area contributed by atoms with Gasteiger partial charge in [0.2, 0.25) is 5.91 Å². The highest BCUT2D eigenvalue weighted by atomic mass is 16.3. The number of furan rings is 2. The van der Waals surface area contributed by atoms with Crippen LogP contribution in [0.5, 0.6) is 0 Å². The van der Waals surface area contributed by atoms with Crippen LogP contribution in [-0.4, -0.2) is 67.3 Å². The van der Waals surface area contributed by atoms with E-state index < -0.39 is 0 Å². The van der Waals surface area contributed by atoms with E-state index >= 15 is 0 Å². The molecule has 144 valence electrons. The Morgan fingerprint density at radius 3 is 2.37 bits per heavy atom. The van der Waals surface area contributed by atoms with Gasteiger partial charge in [-0.2, -0.15) is 0 Å². The van der Waals surface area contributed by atoms with E-state index in [0.29, 0.717) is 50.2 Å². The summed E-state index contributed by atoms with van der Waals surface area (Å²) in [7, 11) is 1.67. The standard InChI is InChI=1S/C18H23N5O4/c1-19-18(21-13-16(24)20-12-14-4-2-10-26-14)23-8-6-22(7-9-23)17(25)15-5-3-11-27-15/h2-5,10-11H,6-9,12-13H2,1H3,(H,19,21)(H,20,24). The lowest BCUT2D eigenvalue weighted by atomic mass is 10.3. The molecule has 0 bridgehead atoms. The van der Waals surface area contributed by atoms with E-state index in [4.69, 9.17) is 8.83 Å². The molecular formula is C18H23N5O4. The summed E-state index contributed by atoms with van der Waals surface area (Å²) in [6.45, 7) is 2.83. The fourth-order valence-corrected chi connectivity index (χ4v) is 2.83. The second kappa shape index (κ2) is 8.93. The van der Waals surface area contributed by atoms with Gasteiger partial charge in [0, 0.05) is 33.2 Å². The van der Waals surface area contributed by atoms with Crippen LogP contribution in [0.1, 0.15) is 16.3 Å². The van der Waals surface area contributed by atoms with Gasteiger partial charge in [0.25, 0.3) is 5.91 Å². The molecule has 3 heterocycles. The molecule has 0 aliphatic carbocycles. The van der Waals surface area contributed by atoms with Crippen LogP contribution in [0.25, 0.3) is 0 Å². The van der Waals surface area contributed by atoms with E-state index in [1.807, 2.05) is 4.90 Å². The second-order valence-electron chi connectivity index (χ2n) is 6.01. The lowest BCUT2D eigenvalue weighted by molar-refractivity contribution is -0.120. The van der Waals surface area contributed by atoms with Crippen LogP contribution in [0.4, 0.5) is 0 Å². The molecule has 9 nitrogen and oxygen atoms in total. The van der Waals surface area contributed by atoms with Gasteiger partial charge in [-0.3, -0.25) is 14.6 Å². The fourth-order valence-electron chi connectivity index (χ4n) is 2.83. The van der Waals surface area contributed by atoms with Crippen LogP contribution in [-0.2, 0) is 11.3 Å². The molecule has 1 aliphatic heterocycles. The molecule has 0 atom stereocenters. The van der Waals surface area contributed by atoms with E-state index in [9.17, 15) is 9.59 Å². The summed E-state index contributed by atoms with van der Waals surface area (Å²) in [6, 6.07) is 6.94. The molecule has 2 N–H and O–H groups in total.